The highest BCUT2D eigenvalue weighted by atomic mass is 16.5. The number of rotatable bonds is 6. The van der Waals surface area contributed by atoms with Crippen molar-refractivity contribution in [2.24, 2.45) is 5.92 Å². The van der Waals surface area contributed by atoms with E-state index in [1.54, 1.807) is 13.2 Å². The van der Waals surface area contributed by atoms with Crippen molar-refractivity contribution in [2.45, 2.75) is 45.1 Å². The fourth-order valence-electron chi connectivity index (χ4n) is 7.68. The summed E-state index contributed by atoms with van der Waals surface area (Å²) in [6.45, 7) is 11.2. The normalized spacial score (nSPS) is 18.9. The molecule has 0 aliphatic carbocycles. The van der Waals surface area contributed by atoms with Crippen LogP contribution < -0.4 is 25.4 Å². The molecule has 2 bridgehead atoms. The van der Waals surface area contributed by atoms with Crippen molar-refractivity contribution in [3.8, 4) is 5.75 Å². The van der Waals surface area contributed by atoms with E-state index >= 15 is 0 Å². The Morgan fingerprint density at radius 2 is 1.51 bits per heavy atom. The smallest absolute Gasteiger partial charge is 0.255 e. The molecule has 9 nitrogen and oxygen atoms in total. The molecule has 2 saturated heterocycles. The molecular weight excluding hydrogens is 614 g/mol. The number of para-hydroxylation sites is 2. The number of anilines is 3. The van der Waals surface area contributed by atoms with Crippen molar-refractivity contribution < 1.29 is 14.3 Å². The number of hydrogen-bond donors (Lipinski definition) is 1. The number of nitrogens with one attached hydrogen (secondary N) is 1. The Bertz CT molecular complexity index is 1920. The van der Waals surface area contributed by atoms with Crippen molar-refractivity contribution in [2.75, 3.05) is 61.5 Å². The summed E-state index contributed by atoms with van der Waals surface area (Å²) in [6, 6.07) is 27.0. The van der Waals surface area contributed by atoms with Crippen LogP contribution in [-0.2, 0) is 12.0 Å². The van der Waals surface area contributed by atoms with Gasteiger partial charge in [-0.1, -0.05) is 51.1 Å². The Hall–Kier alpha value is -5.05. The van der Waals surface area contributed by atoms with Gasteiger partial charge >= 0.3 is 0 Å². The lowest BCUT2D eigenvalue weighted by Gasteiger charge is -2.44. The standard InChI is InChI=1S/C40H45N5O4/c1-40(2,3)31-15-12-28(13-16-31)38(47)41-32-23-29(39(48)43-20-18-42(19-21-43)35-8-5-6-10-36(35)49-4)14-17-34(32)44-24-27-22-30(26-44)33-9-7-11-37(46)45(33)25-27/h5-17,23,27,30H,18-22,24-26H2,1-4H3,(H,41,47)/t27-,30+/m1/s1. The van der Waals surface area contributed by atoms with Gasteiger partial charge in [0.2, 0.25) is 0 Å². The van der Waals surface area contributed by atoms with Gasteiger partial charge < -0.3 is 29.3 Å². The summed E-state index contributed by atoms with van der Waals surface area (Å²) in [5, 5.41) is 3.19. The van der Waals surface area contributed by atoms with Crippen molar-refractivity contribution >= 4 is 28.9 Å². The lowest BCUT2D eigenvalue weighted by atomic mass is 9.83. The van der Waals surface area contributed by atoms with Crippen LogP contribution in [0.4, 0.5) is 17.1 Å². The highest BCUT2D eigenvalue weighted by molar-refractivity contribution is 6.07. The SMILES string of the molecule is COc1ccccc1N1CCN(C(=O)c2ccc(N3C[C@H]4C[C@@H](C3)c3cccc(=O)n3C4)c(NC(=O)c3ccc(C(C)(C)C)cc3)c2)CC1. The molecule has 49 heavy (non-hydrogen) atoms. The van der Waals surface area contributed by atoms with Gasteiger partial charge in [-0.25, -0.2) is 0 Å². The largest absolute Gasteiger partial charge is 0.495 e. The maximum Gasteiger partial charge on any atom is 0.255 e. The van der Waals surface area contributed by atoms with Gasteiger partial charge in [0.1, 0.15) is 5.75 Å². The zero-order chi connectivity index (χ0) is 34.3. The van der Waals surface area contributed by atoms with Crippen LogP contribution in [-0.4, -0.2) is 67.7 Å². The average Bonchev–Trinajstić information content (AvgIpc) is 3.11. The van der Waals surface area contributed by atoms with E-state index in [0.29, 0.717) is 55.5 Å². The number of pyridine rings is 1. The molecule has 0 unspecified atom stereocenters. The molecule has 2 atom stereocenters. The second kappa shape index (κ2) is 13.1. The lowest BCUT2D eigenvalue weighted by Crippen LogP contribution is -2.49. The van der Waals surface area contributed by atoms with Gasteiger partial charge in [-0.3, -0.25) is 14.4 Å². The van der Waals surface area contributed by atoms with Crippen LogP contribution in [0.2, 0.25) is 0 Å². The molecule has 3 aliphatic heterocycles. The zero-order valence-corrected chi connectivity index (χ0v) is 28.8. The Balaban J connectivity index is 1.15. The highest BCUT2D eigenvalue weighted by Crippen LogP contribution is 2.40. The number of piperazine rings is 1. The Kier molecular flexibility index (Phi) is 8.69. The maximum absolute atomic E-state index is 13.9. The molecule has 4 aromatic rings. The lowest BCUT2D eigenvalue weighted by molar-refractivity contribution is 0.0746. The number of piperidine rings is 1. The van der Waals surface area contributed by atoms with Crippen LogP contribution in [0.5, 0.6) is 5.75 Å². The third-order valence-electron chi connectivity index (χ3n) is 10.3. The van der Waals surface area contributed by atoms with Crippen LogP contribution in [0.3, 0.4) is 0 Å². The van der Waals surface area contributed by atoms with Crippen molar-refractivity contribution in [1.82, 2.24) is 9.47 Å². The van der Waals surface area contributed by atoms with E-state index in [2.05, 4.69) is 42.0 Å². The van der Waals surface area contributed by atoms with Crippen LogP contribution in [0.15, 0.2) is 89.7 Å². The van der Waals surface area contributed by atoms with Crippen LogP contribution >= 0.6 is 0 Å². The second-order valence-corrected chi connectivity index (χ2v) is 14.6. The number of benzene rings is 3. The molecular formula is C40H45N5O4. The number of hydrogen-bond acceptors (Lipinski definition) is 6. The molecule has 0 radical (unpaired) electrons. The first-order valence-corrected chi connectivity index (χ1v) is 17.3. The van der Waals surface area contributed by atoms with Gasteiger partial charge in [0.15, 0.2) is 0 Å². The average molecular weight is 660 g/mol. The molecule has 1 N–H and O–H groups in total. The molecule has 2 amide bonds. The predicted molar refractivity (Wildman–Crippen MR) is 194 cm³/mol. The van der Waals surface area contributed by atoms with Gasteiger partial charge in [-0.15, -0.1) is 0 Å². The van der Waals surface area contributed by atoms with Crippen molar-refractivity contribution in [3.63, 3.8) is 0 Å². The molecule has 9 heteroatoms. The number of carbonyl (C=O) groups excluding carboxylic acids is 2. The molecule has 3 aliphatic rings. The summed E-state index contributed by atoms with van der Waals surface area (Å²) >= 11 is 0. The predicted octanol–water partition coefficient (Wildman–Crippen LogP) is 5.99. The topological polar surface area (TPSA) is 87.1 Å². The van der Waals surface area contributed by atoms with E-state index in [1.165, 1.54) is 0 Å². The number of carbonyl (C=O) groups is 2. The molecule has 1 aromatic heterocycles. The van der Waals surface area contributed by atoms with Gasteiger partial charge in [0.05, 0.1) is 24.2 Å². The first-order valence-electron chi connectivity index (χ1n) is 17.3. The van der Waals surface area contributed by atoms with Gasteiger partial charge in [-0.05, 0) is 71.8 Å². The van der Waals surface area contributed by atoms with Crippen LogP contribution in [0, 0.1) is 5.92 Å². The monoisotopic (exact) mass is 659 g/mol. The molecule has 254 valence electrons. The van der Waals surface area contributed by atoms with E-state index in [0.717, 1.165) is 47.9 Å². The third-order valence-corrected chi connectivity index (χ3v) is 10.3. The molecule has 0 saturated carbocycles. The second-order valence-electron chi connectivity index (χ2n) is 14.6. The van der Waals surface area contributed by atoms with Gasteiger partial charge in [-0.2, -0.15) is 0 Å². The quantitative estimate of drug-likeness (QED) is 0.274. The Labute approximate surface area is 288 Å². The summed E-state index contributed by atoms with van der Waals surface area (Å²) in [5.74, 6) is 1.06. The van der Waals surface area contributed by atoms with E-state index in [4.69, 9.17) is 4.74 Å². The molecule has 7 rings (SSSR count). The van der Waals surface area contributed by atoms with E-state index in [9.17, 15) is 14.4 Å². The summed E-state index contributed by atoms with van der Waals surface area (Å²) in [7, 11) is 1.68. The highest BCUT2D eigenvalue weighted by Gasteiger charge is 2.36. The maximum atomic E-state index is 13.9. The number of nitrogens with zero attached hydrogens (tertiary/aromatic N) is 4. The number of ether oxygens (including phenoxy) is 1. The number of methoxy groups -OCH3 is 1. The Morgan fingerprint density at radius 1 is 0.776 bits per heavy atom. The van der Waals surface area contributed by atoms with Crippen LogP contribution in [0.1, 0.15) is 65.1 Å². The molecule has 2 fully saturated rings. The summed E-state index contributed by atoms with van der Waals surface area (Å²) in [5.41, 5.74) is 5.89. The zero-order valence-electron chi connectivity index (χ0n) is 28.8. The minimum absolute atomic E-state index is 0.0222. The minimum atomic E-state index is -0.217. The third kappa shape index (κ3) is 6.54. The first-order chi connectivity index (χ1) is 23.6. The molecule has 0 spiro atoms. The summed E-state index contributed by atoms with van der Waals surface area (Å²) in [4.78, 5) is 46.8. The summed E-state index contributed by atoms with van der Waals surface area (Å²) < 4.78 is 7.50. The summed E-state index contributed by atoms with van der Waals surface area (Å²) in [6.07, 6.45) is 1.03. The number of aromatic nitrogens is 1. The fraction of sp³-hybridized carbons (Fsp3) is 0.375. The van der Waals surface area contributed by atoms with Crippen LogP contribution in [0.25, 0.3) is 0 Å². The van der Waals surface area contributed by atoms with Gasteiger partial charge in [0, 0.05) is 74.6 Å². The van der Waals surface area contributed by atoms with E-state index < -0.39 is 0 Å². The number of fused-ring (bicyclic) bond motifs is 4. The van der Waals surface area contributed by atoms with Gasteiger partial charge in [0.25, 0.3) is 17.4 Å². The first kappa shape index (κ1) is 32.5. The molecule has 4 heterocycles. The van der Waals surface area contributed by atoms with Crippen molar-refractivity contribution in [3.05, 3.63) is 118 Å². The fourth-order valence-corrected chi connectivity index (χ4v) is 7.68. The molecule has 3 aromatic carbocycles. The van der Waals surface area contributed by atoms with E-state index in [-0.39, 0.29) is 28.7 Å². The van der Waals surface area contributed by atoms with Crippen molar-refractivity contribution in [1.29, 1.82) is 0 Å². The Morgan fingerprint density at radius 3 is 2.24 bits per heavy atom. The number of amides is 2. The van der Waals surface area contributed by atoms with E-state index in [1.807, 2.05) is 82.3 Å². The minimum Gasteiger partial charge on any atom is -0.495 e.